The molecule has 1 saturated heterocycles. The van der Waals surface area contributed by atoms with Crippen molar-refractivity contribution in [3.8, 4) is 0 Å². The summed E-state index contributed by atoms with van der Waals surface area (Å²) in [6.07, 6.45) is 3.83. The Morgan fingerprint density at radius 3 is 2.56 bits per heavy atom. The predicted molar refractivity (Wildman–Crippen MR) is 105 cm³/mol. The lowest BCUT2D eigenvalue weighted by Gasteiger charge is -2.31. The van der Waals surface area contributed by atoms with E-state index in [0.29, 0.717) is 5.92 Å². The van der Waals surface area contributed by atoms with Crippen LogP contribution in [-0.4, -0.2) is 38.5 Å². The van der Waals surface area contributed by atoms with Gasteiger partial charge in [0.15, 0.2) is 5.65 Å². The number of hydrogen-bond donors (Lipinski definition) is 0. The van der Waals surface area contributed by atoms with E-state index < -0.39 is 0 Å². The number of carbonyl (C=O) groups is 1. The van der Waals surface area contributed by atoms with E-state index in [-0.39, 0.29) is 5.91 Å². The molecule has 0 saturated carbocycles. The zero-order valence-electron chi connectivity index (χ0n) is 15.0. The third kappa shape index (κ3) is 2.76. The fourth-order valence-corrected chi connectivity index (χ4v) is 4.06. The number of benzene rings is 2. The minimum absolute atomic E-state index is 0.122. The molecule has 3 heterocycles. The van der Waals surface area contributed by atoms with Crippen molar-refractivity contribution >= 4 is 22.3 Å². The molecule has 0 aliphatic carbocycles. The van der Waals surface area contributed by atoms with Gasteiger partial charge in [-0.05, 0) is 41.8 Å². The number of hydrogen-bond acceptors (Lipinski definition) is 3. The molecule has 5 nitrogen and oxygen atoms in total. The molecule has 1 fully saturated rings. The Morgan fingerprint density at radius 1 is 0.889 bits per heavy atom. The Balaban J connectivity index is 1.36. The number of carbonyl (C=O) groups excluding carboxylic acids is 1. The highest BCUT2D eigenvalue weighted by Gasteiger charge is 2.27. The lowest BCUT2D eigenvalue weighted by atomic mass is 9.95. The van der Waals surface area contributed by atoms with Crippen molar-refractivity contribution in [1.82, 2.24) is 19.5 Å². The maximum atomic E-state index is 13.1. The zero-order chi connectivity index (χ0) is 18.2. The summed E-state index contributed by atoms with van der Waals surface area (Å²) in [6, 6.07) is 20.0. The molecule has 5 heteroatoms. The molecule has 0 unspecified atom stereocenters. The van der Waals surface area contributed by atoms with Gasteiger partial charge in [-0.15, -0.1) is 10.2 Å². The van der Waals surface area contributed by atoms with Gasteiger partial charge in [0, 0.05) is 30.8 Å². The summed E-state index contributed by atoms with van der Waals surface area (Å²) in [6.45, 7) is 1.49. The lowest BCUT2D eigenvalue weighted by molar-refractivity contribution is 0.0713. The van der Waals surface area contributed by atoms with Crippen LogP contribution in [0.5, 0.6) is 0 Å². The predicted octanol–water partition coefficient (Wildman–Crippen LogP) is 3.90. The van der Waals surface area contributed by atoms with E-state index >= 15 is 0 Å². The van der Waals surface area contributed by atoms with Crippen LogP contribution in [0, 0.1) is 0 Å². The highest BCUT2D eigenvalue weighted by atomic mass is 16.2. The molecule has 5 rings (SSSR count). The number of likely N-dealkylation sites (tertiary alicyclic amines) is 1. The normalized spacial score (nSPS) is 15.5. The highest BCUT2D eigenvalue weighted by molar-refractivity contribution is 6.07. The summed E-state index contributed by atoms with van der Waals surface area (Å²) in [5.41, 5.74) is 1.67. The minimum atomic E-state index is 0.122. The first-order valence-corrected chi connectivity index (χ1v) is 9.38. The van der Waals surface area contributed by atoms with Crippen LogP contribution < -0.4 is 0 Å². The maximum Gasteiger partial charge on any atom is 0.254 e. The fraction of sp³-hybridized carbons (Fsp3) is 0.227. The Morgan fingerprint density at radius 2 is 1.67 bits per heavy atom. The van der Waals surface area contributed by atoms with E-state index in [2.05, 4.69) is 26.7 Å². The Bertz CT molecular complexity index is 1120. The zero-order valence-corrected chi connectivity index (χ0v) is 15.0. The van der Waals surface area contributed by atoms with Gasteiger partial charge in [0.25, 0.3) is 5.91 Å². The van der Waals surface area contributed by atoms with Gasteiger partial charge in [0.2, 0.25) is 0 Å². The summed E-state index contributed by atoms with van der Waals surface area (Å²) in [7, 11) is 0. The van der Waals surface area contributed by atoms with Crippen LogP contribution >= 0.6 is 0 Å². The second kappa shape index (κ2) is 6.50. The number of nitrogens with zero attached hydrogens (tertiary/aromatic N) is 4. The molecule has 134 valence electrons. The Labute approximate surface area is 157 Å². The molecule has 2 aromatic carbocycles. The van der Waals surface area contributed by atoms with Gasteiger partial charge in [-0.1, -0.05) is 42.5 Å². The Kier molecular flexibility index (Phi) is 3.85. The van der Waals surface area contributed by atoms with Crippen molar-refractivity contribution in [3.63, 3.8) is 0 Å². The second-order valence-corrected chi connectivity index (χ2v) is 7.08. The van der Waals surface area contributed by atoms with Crippen LogP contribution in [-0.2, 0) is 0 Å². The average molecular weight is 356 g/mol. The summed E-state index contributed by atoms with van der Waals surface area (Å²) < 4.78 is 2.06. The van der Waals surface area contributed by atoms with Gasteiger partial charge in [0.1, 0.15) is 5.82 Å². The van der Waals surface area contributed by atoms with Crippen molar-refractivity contribution < 1.29 is 4.79 Å². The molecule has 27 heavy (non-hydrogen) atoms. The van der Waals surface area contributed by atoms with E-state index in [1.165, 1.54) is 0 Å². The molecule has 4 aromatic rings. The molecule has 1 aliphatic rings. The second-order valence-electron chi connectivity index (χ2n) is 7.08. The van der Waals surface area contributed by atoms with E-state index in [9.17, 15) is 4.79 Å². The summed E-state index contributed by atoms with van der Waals surface area (Å²) in [5, 5.41) is 10.8. The average Bonchev–Trinajstić information content (AvgIpc) is 3.17. The number of pyridine rings is 1. The summed E-state index contributed by atoms with van der Waals surface area (Å²) in [5.74, 6) is 1.46. The van der Waals surface area contributed by atoms with Crippen molar-refractivity contribution in [3.05, 3.63) is 78.2 Å². The van der Waals surface area contributed by atoms with E-state index in [4.69, 9.17) is 0 Å². The van der Waals surface area contributed by atoms with Gasteiger partial charge in [-0.25, -0.2) is 0 Å². The van der Waals surface area contributed by atoms with E-state index in [1.807, 2.05) is 59.6 Å². The van der Waals surface area contributed by atoms with Gasteiger partial charge in [0.05, 0.1) is 0 Å². The first kappa shape index (κ1) is 16.0. The van der Waals surface area contributed by atoms with Crippen molar-refractivity contribution in [2.45, 2.75) is 18.8 Å². The van der Waals surface area contributed by atoms with Crippen LogP contribution in [0.3, 0.4) is 0 Å². The van der Waals surface area contributed by atoms with Crippen molar-refractivity contribution in [2.75, 3.05) is 13.1 Å². The molecule has 0 N–H and O–H groups in total. The Hall–Kier alpha value is -3.21. The van der Waals surface area contributed by atoms with E-state index in [0.717, 1.165) is 53.7 Å². The van der Waals surface area contributed by atoms with Gasteiger partial charge >= 0.3 is 0 Å². The minimum Gasteiger partial charge on any atom is -0.339 e. The first-order valence-electron chi connectivity index (χ1n) is 9.38. The summed E-state index contributed by atoms with van der Waals surface area (Å²) in [4.78, 5) is 15.1. The number of fused-ring (bicyclic) bond motifs is 2. The summed E-state index contributed by atoms with van der Waals surface area (Å²) >= 11 is 0. The third-order valence-electron chi connectivity index (χ3n) is 5.51. The van der Waals surface area contributed by atoms with Gasteiger partial charge < -0.3 is 4.90 Å². The van der Waals surface area contributed by atoms with Crippen molar-refractivity contribution in [2.24, 2.45) is 0 Å². The smallest absolute Gasteiger partial charge is 0.254 e. The molecular weight excluding hydrogens is 336 g/mol. The third-order valence-corrected chi connectivity index (χ3v) is 5.51. The molecular formula is C22H20N4O. The van der Waals surface area contributed by atoms with Gasteiger partial charge in [-0.2, -0.15) is 0 Å². The lowest BCUT2D eigenvalue weighted by Crippen LogP contribution is -2.38. The van der Waals surface area contributed by atoms with Gasteiger partial charge in [-0.3, -0.25) is 9.20 Å². The number of amides is 1. The van der Waals surface area contributed by atoms with Crippen LogP contribution in [0.1, 0.15) is 34.9 Å². The number of aromatic nitrogens is 3. The molecule has 1 aliphatic heterocycles. The van der Waals surface area contributed by atoms with Crippen LogP contribution in [0.25, 0.3) is 16.4 Å². The van der Waals surface area contributed by atoms with E-state index in [1.54, 1.807) is 0 Å². The standard InChI is InChI=1S/C22H20N4O/c27-22(19-9-5-7-16-6-1-2-8-18(16)19)25-14-11-17(12-15-25)21-24-23-20-10-3-4-13-26(20)21/h1-10,13,17H,11-12,14-15H2. The molecule has 0 bridgehead atoms. The van der Waals surface area contributed by atoms with Crippen LogP contribution in [0.2, 0.25) is 0 Å². The van der Waals surface area contributed by atoms with Crippen molar-refractivity contribution in [1.29, 1.82) is 0 Å². The molecule has 2 aromatic heterocycles. The fourth-order valence-electron chi connectivity index (χ4n) is 4.06. The monoisotopic (exact) mass is 356 g/mol. The molecule has 0 radical (unpaired) electrons. The molecule has 0 spiro atoms. The van der Waals surface area contributed by atoms with Crippen LogP contribution in [0.15, 0.2) is 66.9 Å². The first-order chi connectivity index (χ1) is 13.3. The number of rotatable bonds is 2. The quantitative estimate of drug-likeness (QED) is 0.547. The number of piperidine rings is 1. The SMILES string of the molecule is O=C(c1cccc2ccccc12)N1CCC(c2nnc3ccccn23)CC1. The molecule has 1 amide bonds. The molecule has 0 atom stereocenters. The maximum absolute atomic E-state index is 13.1. The largest absolute Gasteiger partial charge is 0.339 e. The topological polar surface area (TPSA) is 50.5 Å². The highest BCUT2D eigenvalue weighted by Crippen LogP contribution is 2.29. The van der Waals surface area contributed by atoms with Crippen LogP contribution in [0.4, 0.5) is 0 Å².